The molecule has 0 spiro atoms. The van der Waals surface area contributed by atoms with Crippen LogP contribution in [-0.4, -0.2) is 25.3 Å². The largest absolute Gasteiger partial charge is 0.443 e. The van der Waals surface area contributed by atoms with Crippen LogP contribution in [0.5, 0.6) is 0 Å². The van der Waals surface area contributed by atoms with Crippen molar-refractivity contribution in [1.82, 2.24) is 5.32 Å². The zero-order chi connectivity index (χ0) is 18.0. The normalized spacial score (nSPS) is 27.3. The van der Waals surface area contributed by atoms with E-state index in [0.29, 0.717) is 5.92 Å². The molecule has 0 radical (unpaired) electrons. The van der Waals surface area contributed by atoms with E-state index < -0.39 is 0 Å². The van der Waals surface area contributed by atoms with Gasteiger partial charge in [0.15, 0.2) is 0 Å². The van der Waals surface area contributed by atoms with Gasteiger partial charge in [-0.2, -0.15) is 0 Å². The summed E-state index contributed by atoms with van der Waals surface area (Å²) in [5.41, 5.74) is 1.07. The van der Waals surface area contributed by atoms with Gasteiger partial charge >= 0.3 is 6.09 Å². The lowest BCUT2D eigenvalue weighted by atomic mass is 9.95. The first-order valence-electron chi connectivity index (χ1n) is 9.24. The van der Waals surface area contributed by atoms with Gasteiger partial charge in [0.25, 0.3) is 0 Å². The Balaban J connectivity index is 1.67. The van der Waals surface area contributed by atoms with E-state index in [1.165, 1.54) is 19.3 Å². The lowest BCUT2D eigenvalue weighted by Crippen LogP contribution is -2.42. The second kappa shape index (κ2) is 8.25. The molecule has 5 atom stereocenters. The Hall–Kier alpha value is -0.820. The number of methoxy groups -OCH3 is 1. The SMILES string of the molecule is CO[C@@H](c1ccccc1I)[C@@H](OC(=O)NC1CC2CCC1C2)C(C)C. The first kappa shape index (κ1) is 19.0. The van der Waals surface area contributed by atoms with Crippen molar-refractivity contribution in [2.75, 3.05) is 7.11 Å². The summed E-state index contributed by atoms with van der Waals surface area (Å²) in [6, 6.07) is 8.38. The molecule has 4 nitrogen and oxygen atoms in total. The smallest absolute Gasteiger partial charge is 0.407 e. The van der Waals surface area contributed by atoms with Gasteiger partial charge in [-0.3, -0.25) is 0 Å². The number of benzene rings is 1. The molecule has 2 bridgehead atoms. The molecule has 0 heterocycles. The Labute approximate surface area is 164 Å². The number of carbonyl (C=O) groups excluding carboxylic acids is 1. The van der Waals surface area contributed by atoms with Crippen LogP contribution in [0.3, 0.4) is 0 Å². The third kappa shape index (κ3) is 4.30. The maximum atomic E-state index is 12.5. The number of halogens is 1. The molecule has 2 aliphatic rings. The maximum Gasteiger partial charge on any atom is 0.407 e. The molecule has 2 aliphatic carbocycles. The summed E-state index contributed by atoms with van der Waals surface area (Å²) in [5, 5.41) is 3.12. The summed E-state index contributed by atoms with van der Waals surface area (Å²) < 4.78 is 12.7. The fraction of sp³-hybridized carbons (Fsp3) is 0.650. The average Bonchev–Trinajstić information content (AvgIpc) is 3.18. The molecule has 3 rings (SSSR count). The van der Waals surface area contributed by atoms with Crippen molar-refractivity contribution in [2.45, 2.75) is 57.8 Å². The van der Waals surface area contributed by atoms with Crippen LogP contribution in [0.15, 0.2) is 24.3 Å². The summed E-state index contributed by atoms with van der Waals surface area (Å²) in [4.78, 5) is 12.5. The number of hydrogen-bond acceptors (Lipinski definition) is 3. The van der Waals surface area contributed by atoms with E-state index in [4.69, 9.17) is 9.47 Å². The standard InChI is InChI=1S/C20H28INO3/c1-12(2)18(19(24-3)15-6-4-5-7-16(15)21)25-20(23)22-17-11-13-8-9-14(17)10-13/h4-7,12-14,17-19H,8-11H2,1-3H3,(H,22,23)/t13?,14?,17?,18-,19-/m0/s1. The summed E-state index contributed by atoms with van der Waals surface area (Å²) in [5.74, 6) is 1.60. The first-order valence-corrected chi connectivity index (χ1v) is 10.3. The second-order valence-electron chi connectivity index (χ2n) is 7.72. The van der Waals surface area contributed by atoms with Gasteiger partial charge in [0.1, 0.15) is 12.2 Å². The minimum Gasteiger partial charge on any atom is -0.443 e. The third-order valence-electron chi connectivity index (χ3n) is 5.71. The number of fused-ring (bicyclic) bond motifs is 2. The number of carbonyl (C=O) groups is 1. The van der Waals surface area contributed by atoms with E-state index in [0.717, 1.165) is 21.5 Å². The van der Waals surface area contributed by atoms with Crippen LogP contribution >= 0.6 is 22.6 Å². The molecule has 25 heavy (non-hydrogen) atoms. The maximum absolute atomic E-state index is 12.5. The second-order valence-corrected chi connectivity index (χ2v) is 8.88. The van der Waals surface area contributed by atoms with E-state index in [2.05, 4.69) is 47.8 Å². The predicted octanol–water partition coefficient (Wildman–Crippen LogP) is 4.92. The highest BCUT2D eigenvalue weighted by atomic mass is 127. The number of alkyl carbamates (subject to hydrolysis) is 1. The fourth-order valence-corrected chi connectivity index (χ4v) is 5.12. The Morgan fingerprint density at radius 3 is 2.56 bits per heavy atom. The van der Waals surface area contributed by atoms with Crippen LogP contribution in [-0.2, 0) is 9.47 Å². The molecular formula is C20H28INO3. The van der Waals surface area contributed by atoms with Gasteiger partial charge in [-0.05, 0) is 71.2 Å². The molecule has 2 fully saturated rings. The third-order valence-corrected chi connectivity index (χ3v) is 6.69. The molecule has 0 aromatic heterocycles. The molecule has 138 valence electrons. The summed E-state index contributed by atoms with van der Waals surface area (Å²) >= 11 is 2.31. The fourth-order valence-electron chi connectivity index (χ4n) is 4.42. The number of hydrogen-bond donors (Lipinski definition) is 1. The van der Waals surface area contributed by atoms with Crippen molar-refractivity contribution in [3.63, 3.8) is 0 Å². The van der Waals surface area contributed by atoms with Gasteiger partial charge < -0.3 is 14.8 Å². The average molecular weight is 457 g/mol. The number of rotatable bonds is 6. The van der Waals surface area contributed by atoms with Crippen molar-refractivity contribution in [3.8, 4) is 0 Å². The predicted molar refractivity (Wildman–Crippen MR) is 106 cm³/mol. The molecule has 1 aromatic carbocycles. The summed E-state index contributed by atoms with van der Waals surface area (Å²) in [7, 11) is 1.68. The summed E-state index contributed by atoms with van der Waals surface area (Å²) in [6.45, 7) is 4.13. The van der Waals surface area contributed by atoms with Gasteiger partial charge in [-0.15, -0.1) is 0 Å². The molecule has 2 saturated carbocycles. The highest BCUT2D eigenvalue weighted by molar-refractivity contribution is 14.1. The minimum absolute atomic E-state index is 0.159. The monoisotopic (exact) mass is 457 g/mol. The highest BCUT2D eigenvalue weighted by Gasteiger charge is 2.41. The molecular weight excluding hydrogens is 429 g/mol. The van der Waals surface area contributed by atoms with Crippen molar-refractivity contribution >= 4 is 28.7 Å². The minimum atomic E-state index is -0.320. The van der Waals surface area contributed by atoms with Crippen molar-refractivity contribution in [2.24, 2.45) is 17.8 Å². The van der Waals surface area contributed by atoms with E-state index >= 15 is 0 Å². The number of amides is 1. The van der Waals surface area contributed by atoms with Crippen LogP contribution in [0.25, 0.3) is 0 Å². The molecule has 1 N–H and O–H groups in total. The van der Waals surface area contributed by atoms with Crippen LogP contribution in [0, 0.1) is 21.3 Å². The Bertz CT molecular complexity index is 606. The summed E-state index contributed by atoms with van der Waals surface area (Å²) in [6.07, 6.45) is 4.05. The zero-order valence-electron chi connectivity index (χ0n) is 15.2. The van der Waals surface area contributed by atoms with Crippen molar-refractivity contribution in [1.29, 1.82) is 0 Å². The topological polar surface area (TPSA) is 47.6 Å². The molecule has 0 saturated heterocycles. The van der Waals surface area contributed by atoms with E-state index in [1.54, 1.807) is 7.11 Å². The molecule has 1 aromatic rings. The highest BCUT2D eigenvalue weighted by Crippen LogP contribution is 2.44. The Morgan fingerprint density at radius 2 is 2.00 bits per heavy atom. The lowest BCUT2D eigenvalue weighted by molar-refractivity contribution is -0.0463. The van der Waals surface area contributed by atoms with Gasteiger partial charge in [-0.25, -0.2) is 4.79 Å². The molecule has 3 unspecified atom stereocenters. The van der Waals surface area contributed by atoms with Crippen molar-refractivity contribution < 1.29 is 14.3 Å². The van der Waals surface area contributed by atoms with E-state index in [-0.39, 0.29) is 30.3 Å². The van der Waals surface area contributed by atoms with E-state index in [9.17, 15) is 4.79 Å². The Kier molecular flexibility index (Phi) is 6.25. The first-order chi connectivity index (χ1) is 12.0. The van der Waals surface area contributed by atoms with Gasteiger partial charge in [0.05, 0.1) is 0 Å². The van der Waals surface area contributed by atoms with E-state index in [1.807, 2.05) is 18.2 Å². The quantitative estimate of drug-likeness (QED) is 0.618. The van der Waals surface area contributed by atoms with Gasteiger partial charge in [0, 0.05) is 16.7 Å². The van der Waals surface area contributed by atoms with Crippen LogP contribution in [0.2, 0.25) is 0 Å². The number of nitrogens with one attached hydrogen (secondary N) is 1. The molecule has 1 amide bonds. The molecule has 5 heteroatoms. The lowest BCUT2D eigenvalue weighted by Gasteiger charge is -2.31. The Morgan fingerprint density at radius 1 is 1.24 bits per heavy atom. The van der Waals surface area contributed by atoms with Gasteiger partial charge in [-0.1, -0.05) is 38.5 Å². The number of ether oxygens (including phenoxy) is 2. The van der Waals surface area contributed by atoms with Crippen LogP contribution in [0.1, 0.15) is 51.2 Å². The molecule has 0 aliphatic heterocycles. The van der Waals surface area contributed by atoms with Crippen molar-refractivity contribution in [3.05, 3.63) is 33.4 Å². The van der Waals surface area contributed by atoms with Crippen LogP contribution < -0.4 is 5.32 Å². The van der Waals surface area contributed by atoms with Crippen LogP contribution in [0.4, 0.5) is 4.79 Å². The van der Waals surface area contributed by atoms with Gasteiger partial charge in [0.2, 0.25) is 0 Å². The zero-order valence-corrected chi connectivity index (χ0v) is 17.4.